The maximum Gasteiger partial charge on any atom is 0.253 e. The van der Waals surface area contributed by atoms with Crippen molar-refractivity contribution in [2.45, 2.75) is 33.2 Å². The third kappa shape index (κ3) is 4.21. The lowest BCUT2D eigenvalue weighted by molar-refractivity contribution is 0.0773. The average Bonchev–Trinajstić information content (AvgIpc) is 3.44. The van der Waals surface area contributed by atoms with E-state index < -0.39 is 0 Å². The smallest absolute Gasteiger partial charge is 0.253 e. The van der Waals surface area contributed by atoms with Crippen LogP contribution in [0.25, 0.3) is 11.0 Å². The number of hydrogen-bond donors (Lipinski definition) is 0. The van der Waals surface area contributed by atoms with Gasteiger partial charge in [-0.3, -0.25) is 9.78 Å². The molecule has 0 saturated carbocycles. The van der Waals surface area contributed by atoms with Crippen molar-refractivity contribution in [3.8, 4) is 5.75 Å². The fourth-order valence-electron chi connectivity index (χ4n) is 4.52. The standard InChI is InChI=1S/C27H28N4O2/c1-3-30(4-2)27(32)22-6-7-24-23(17-22)29-26(31(24)18-19-9-12-28-13-10-19)16-20-5-8-25-21(15-20)11-14-33-25/h5-10,12-13,15,17H,3-4,11,14,16,18H2,1-2H3. The first kappa shape index (κ1) is 21.2. The van der Waals surface area contributed by atoms with Gasteiger partial charge in [0, 0.05) is 50.4 Å². The van der Waals surface area contributed by atoms with Crippen LogP contribution in [0.3, 0.4) is 0 Å². The molecule has 1 aliphatic rings. The quantitative estimate of drug-likeness (QED) is 0.425. The van der Waals surface area contributed by atoms with Crippen molar-refractivity contribution >= 4 is 16.9 Å². The number of rotatable bonds is 7. The van der Waals surface area contributed by atoms with E-state index >= 15 is 0 Å². The summed E-state index contributed by atoms with van der Waals surface area (Å²) in [5, 5.41) is 0. The molecule has 3 heterocycles. The zero-order valence-corrected chi connectivity index (χ0v) is 19.1. The van der Waals surface area contributed by atoms with Gasteiger partial charge in [-0.05, 0) is 66.9 Å². The Morgan fingerprint density at radius 1 is 1.03 bits per heavy atom. The molecule has 0 atom stereocenters. The number of hydrogen-bond acceptors (Lipinski definition) is 4. The summed E-state index contributed by atoms with van der Waals surface area (Å²) in [6.45, 7) is 6.84. The first-order chi connectivity index (χ1) is 16.2. The van der Waals surface area contributed by atoms with Gasteiger partial charge in [0.2, 0.25) is 0 Å². The highest BCUT2D eigenvalue weighted by Crippen LogP contribution is 2.28. The van der Waals surface area contributed by atoms with Gasteiger partial charge in [0.15, 0.2) is 0 Å². The van der Waals surface area contributed by atoms with Crippen molar-refractivity contribution < 1.29 is 9.53 Å². The molecule has 2 aromatic carbocycles. The van der Waals surface area contributed by atoms with Gasteiger partial charge in [0.25, 0.3) is 5.91 Å². The molecule has 4 aromatic rings. The highest BCUT2D eigenvalue weighted by Gasteiger charge is 2.18. The summed E-state index contributed by atoms with van der Waals surface area (Å²) in [7, 11) is 0. The van der Waals surface area contributed by atoms with Crippen LogP contribution in [0, 0.1) is 0 Å². The molecular formula is C27H28N4O2. The van der Waals surface area contributed by atoms with Gasteiger partial charge in [-0.15, -0.1) is 0 Å². The number of nitrogens with zero attached hydrogens (tertiary/aromatic N) is 4. The largest absolute Gasteiger partial charge is 0.493 e. The van der Waals surface area contributed by atoms with E-state index in [1.165, 1.54) is 11.1 Å². The molecule has 1 amide bonds. The lowest BCUT2D eigenvalue weighted by Gasteiger charge is -2.18. The summed E-state index contributed by atoms with van der Waals surface area (Å²) >= 11 is 0. The Kier molecular flexibility index (Phi) is 5.82. The summed E-state index contributed by atoms with van der Waals surface area (Å²) in [4.78, 5) is 23.9. The van der Waals surface area contributed by atoms with E-state index in [2.05, 4.69) is 27.8 Å². The summed E-state index contributed by atoms with van der Waals surface area (Å²) < 4.78 is 7.92. The summed E-state index contributed by atoms with van der Waals surface area (Å²) in [5.41, 5.74) is 6.20. The molecule has 0 spiro atoms. The minimum absolute atomic E-state index is 0.0470. The minimum Gasteiger partial charge on any atom is -0.493 e. The van der Waals surface area contributed by atoms with Crippen molar-refractivity contribution in [2.75, 3.05) is 19.7 Å². The second kappa shape index (κ2) is 9.06. The molecule has 33 heavy (non-hydrogen) atoms. The molecule has 0 radical (unpaired) electrons. The number of carbonyl (C=O) groups excluding carboxylic acids is 1. The Hall–Kier alpha value is -3.67. The third-order valence-electron chi connectivity index (χ3n) is 6.33. The molecule has 0 saturated heterocycles. The Balaban J connectivity index is 1.55. The molecule has 6 heteroatoms. The Morgan fingerprint density at radius 3 is 2.64 bits per heavy atom. The highest BCUT2D eigenvalue weighted by molar-refractivity contribution is 5.97. The summed E-state index contributed by atoms with van der Waals surface area (Å²) in [6, 6.07) is 16.3. The molecule has 0 N–H and O–H groups in total. The molecule has 1 aliphatic heterocycles. The number of fused-ring (bicyclic) bond motifs is 2. The van der Waals surface area contributed by atoms with Crippen molar-refractivity contribution in [3.63, 3.8) is 0 Å². The van der Waals surface area contributed by atoms with Crippen LogP contribution >= 0.6 is 0 Å². The van der Waals surface area contributed by atoms with Crippen LogP contribution in [0.4, 0.5) is 0 Å². The SMILES string of the molecule is CCN(CC)C(=O)c1ccc2c(c1)nc(Cc1ccc3c(c1)CCO3)n2Cc1ccncc1. The Labute approximate surface area is 193 Å². The van der Waals surface area contributed by atoms with Crippen LogP contribution in [-0.2, 0) is 19.4 Å². The molecular weight excluding hydrogens is 412 g/mol. The van der Waals surface area contributed by atoms with E-state index in [0.29, 0.717) is 31.6 Å². The van der Waals surface area contributed by atoms with E-state index in [-0.39, 0.29) is 5.91 Å². The fraction of sp³-hybridized carbons (Fsp3) is 0.296. The van der Waals surface area contributed by atoms with Gasteiger partial charge in [-0.25, -0.2) is 4.98 Å². The molecule has 0 fully saturated rings. The third-order valence-corrected chi connectivity index (χ3v) is 6.33. The van der Waals surface area contributed by atoms with E-state index in [0.717, 1.165) is 41.2 Å². The van der Waals surface area contributed by atoms with Crippen molar-refractivity contribution in [1.82, 2.24) is 19.4 Å². The van der Waals surface area contributed by atoms with E-state index in [1.54, 1.807) is 0 Å². The van der Waals surface area contributed by atoms with E-state index in [1.807, 2.05) is 61.5 Å². The second-order valence-corrected chi connectivity index (χ2v) is 8.37. The maximum absolute atomic E-state index is 12.9. The molecule has 2 aromatic heterocycles. The summed E-state index contributed by atoms with van der Waals surface area (Å²) in [5.74, 6) is 2.02. The number of imidazole rings is 1. The lowest BCUT2D eigenvalue weighted by atomic mass is 10.1. The monoisotopic (exact) mass is 440 g/mol. The predicted octanol–water partition coefficient (Wildman–Crippen LogP) is 4.49. The molecule has 6 nitrogen and oxygen atoms in total. The van der Waals surface area contributed by atoms with Crippen molar-refractivity contribution in [2.24, 2.45) is 0 Å². The molecule has 0 bridgehead atoms. The number of ether oxygens (including phenoxy) is 1. The number of aromatic nitrogens is 3. The van der Waals surface area contributed by atoms with Gasteiger partial charge in [-0.2, -0.15) is 0 Å². The van der Waals surface area contributed by atoms with E-state index in [4.69, 9.17) is 9.72 Å². The zero-order valence-electron chi connectivity index (χ0n) is 19.1. The number of amides is 1. The van der Waals surface area contributed by atoms with Gasteiger partial charge < -0.3 is 14.2 Å². The fourth-order valence-corrected chi connectivity index (χ4v) is 4.52. The van der Waals surface area contributed by atoms with Crippen LogP contribution in [0.2, 0.25) is 0 Å². The average molecular weight is 441 g/mol. The minimum atomic E-state index is 0.0470. The van der Waals surface area contributed by atoms with Crippen molar-refractivity contribution in [3.05, 3.63) is 89.0 Å². The lowest BCUT2D eigenvalue weighted by Crippen LogP contribution is -2.30. The molecule has 0 aliphatic carbocycles. The molecule has 5 rings (SSSR count). The van der Waals surface area contributed by atoms with Crippen LogP contribution in [-0.4, -0.2) is 45.0 Å². The van der Waals surface area contributed by atoms with Crippen LogP contribution in [0.15, 0.2) is 60.9 Å². The van der Waals surface area contributed by atoms with Gasteiger partial charge in [0.05, 0.1) is 17.6 Å². The molecule has 168 valence electrons. The topological polar surface area (TPSA) is 60.3 Å². The molecule has 0 unspecified atom stereocenters. The number of benzene rings is 2. The van der Waals surface area contributed by atoms with Crippen LogP contribution < -0.4 is 4.74 Å². The first-order valence-corrected chi connectivity index (χ1v) is 11.6. The van der Waals surface area contributed by atoms with Gasteiger partial charge in [-0.1, -0.05) is 12.1 Å². The zero-order chi connectivity index (χ0) is 22.8. The Morgan fingerprint density at radius 2 is 1.85 bits per heavy atom. The first-order valence-electron chi connectivity index (χ1n) is 11.6. The van der Waals surface area contributed by atoms with Crippen molar-refractivity contribution in [1.29, 1.82) is 0 Å². The number of pyridine rings is 1. The van der Waals surface area contributed by atoms with Crippen LogP contribution in [0.5, 0.6) is 5.75 Å². The van der Waals surface area contributed by atoms with Crippen LogP contribution in [0.1, 0.15) is 46.7 Å². The summed E-state index contributed by atoms with van der Waals surface area (Å²) in [6.07, 6.45) is 5.30. The Bertz CT molecular complexity index is 1290. The predicted molar refractivity (Wildman–Crippen MR) is 129 cm³/mol. The second-order valence-electron chi connectivity index (χ2n) is 8.37. The maximum atomic E-state index is 12.9. The van der Waals surface area contributed by atoms with E-state index in [9.17, 15) is 4.79 Å². The van der Waals surface area contributed by atoms with Gasteiger partial charge >= 0.3 is 0 Å². The normalized spacial score (nSPS) is 12.5. The van der Waals surface area contributed by atoms with Gasteiger partial charge in [0.1, 0.15) is 11.6 Å². The number of carbonyl (C=O) groups is 1. The highest BCUT2D eigenvalue weighted by atomic mass is 16.5.